The van der Waals surface area contributed by atoms with Crippen LogP contribution in [0, 0.1) is 10.8 Å². The number of halogens is 1. The largest absolute Gasteiger partial charge is 0.356 e. The molecule has 172 valence electrons. The Bertz CT molecular complexity index is 828. The zero-order valence-electron chi connectivity index (χ0n) is 19.5. The lowest BCUT2D eigenvalue weighted by Gasteiger charge is -2.39. The van der Waals surface area contributed by atoms with E-state index in [1.54, 1.807) is 0 Å². The second-order valence-corrected chi connectivity index (χ2v) is 12.3. The van der Waals surface area contributed by atoms with Crippen LogP contribution in [-0.2, 0) is 4.79 Å². The lowest BCUT2D eigenvalue weighted by molar-refractivity contribution is -0.129. The van der Waals surface area contributed by atoms with Gasteiger partial charge in [0.1, 0.15) is 11.0 Å². The van der Waals surface area contributed by atoms with Crippen LogP contribution in [-0.4, -0.2) is 77.2 Å². The highest BCUT2D eigenvalue weighted by molar-refractivity contribution is 7.99. The monoisotopic (exact) mass is 465 g/mol. The molecule has 31 heavy (non-hydrogen) atoms. The predicted molar refractivity (Wildman–Crippen MR) is 128 cm³/mol. The van der Waals surface area contributed by atoms with Crippen LogP contribution in [0.25, 0.3) is 0 Å². The summed E-state index contributed by atoms with van der Waals surface area (Å²) in [7, 11) is 4.25. The van der Waals surface area contributed by atoms with Crippen molar-refractivity contribution in [2.24, 2.45) is 10.8 Å². The number of rotatable bonds is 5. The molecule has 3 heterocycles. The van der Waals surface area contributed by atoms with E-state index in [4.69, 9.17) is 16.6 Å². The predicted octanol–water partition coefficient (Wildman–Crippen LogP) is 4.18. The van der Waals surface area contributed by atoms with Crippen LogP contribution in [0.5, 0.6) is 0 Å². The fourth-order valence-corrected chi connectivity index (χ4v) is 7.13. The summed E-state index contributed by atoms with van der Waals surface area (Å²) < 4.78 is 0. The molecule has 0 N–H and O–H groups in total. The summed E-state index contributed by atoms with van der Waals surface area (Å²) in [5, 5.41) is 1.02. The first kappa shape index (κ1) is 23.1. The number of hydrogen-bond acceptors (Lipinski definition) is 6. The van der Waals surface area contributed by atoms with Gasteiger partial charge in [-0.15, -0.1) is 0 Å². The van der Waals surface area contributed by atoms with Crippen molar-refractivity contribution in [2.75, 3.05) is 44.4 Å². The number of carbonyl (C=O) groups excluding carboxylic acids is 1. The van der Waals surface area contributed by atoms with Gasteiger partial charge in [-0.2, -0.15) is 0 Å². The van der Waals surface area contributed by atoms with Gasteiger partial charge in [0.25, 0.3) is 0 Å². The number of anilines is 1. The summed E-state index contributed by atoms with van der Waals surface area (Å²) in [5.74, 6) is 1.41. The molecule has 2 aliphatic heterocycles. The molecule has 4 rings (SSSR count). The van der Waals surface area contributed by atoms with Gasteiger partial charge < -0.3 is 14.7 Å². The van der Waals surface area contributed by atoms with Gasteiger partial charge in [0.2, 0.25) is 5.91 Å². The minimum atomic E-state index is 0.199. The van der Waals surface area contributed by atoms with Crippen LogP contribution < -0.4 is 4.90 Å². The number of nitrogens with zero attached hydrogens (tertiary/aromatic N) is 5. The van der Waals surface area contributed by atoms with Crippen molar-refractivity contribution in [3.8, 4) is 0 Å². The Labute approximate surface area is 196 Å². The molecule has 3 aliphatic rings. The standard InChI is InChI=1S/C23H36ClN5OS/c1-22(2)11-17-12-23(3,14-22)15-29(17)20(30)13-31-21-25-18(24)10-19(26-21)28(5)16-6-8-27(4)9-7-16/h10,16-17H,6-9,11-15H2,1-5H3. The molecular formula is C23H36ClN5OS. The van der Waals surface area contributed by atoms with Crippen LogP contribution in [0.4, 0.5) is 5.82 Å². The second kappa shape index (κ2) is 8.71. The third-order valence-corrected chi connectivity index (χ3v) is 8.34. The lowest BCUT2D eigenvalue weighted by Crippen LogP contribution is -2.42. The molecule has 2 bridgehead atoms. The molecule has 0 aromatic carbocycles. The first-order valence-electron chi connectivity index (χ1n) is 11.4. The van der Waals surface area contributed by atoms with E-state index in [0.717, 1.165) is 51.1 Å². The number of piperidine rings is 1. The highest BCUT2D eigenvalue weighted by atomic mass is 35.5. The van der Waals surface area contributed by atoms with E-state index in [9.17, 15) is 4.79 Å². The molecule has 1 amide bonds. The van der Waals surface area contributed by atoms with Crippen molar-refractivity contribution in [1.29, 1.82) is 0 Å². The third kappa shape index (κ3) is 5.31. The molecule has 1 aromatic heterocycles. The zero-order valence-corrected chi connectivity index (χ0v) is 21.1. The maximum absolute atomic E-state index is 13.1. The topological polar surface area (TPSA) is 52.6 Å². The summed E-state index contributed by atoms with van der Waals surface area (Å²) in [6, 6.07) is 2.65. The van der Waals surface area contributed by atoms with E-state index < -0.39 is 0 Å². The van der Waals surface area contributed by atoms with Crippen LogP contribution >= 0.6 is 23.4 Å². The van der Waals surface area contributed by atoms with Crippen molar-refractivity contribution in [3.63, 3.8) is 0 Å². The molecular weight excluding hydrogens is 430 g/mol. The van der Waals surface area contributed by atoms with Gasteiger partial charge in [0.15, 0.2) is 5.16 Å². The zero-order chi connectivity index (χ0) is 22.4. The number of amides is 1. The Balaban J connectivity index is 1.39. The quantitative estimate of drug-likeness (QED) is 0.369. The fraction of sp³-hybridized carbons (Fsp3) is 0.783. The molecule has 2 atom stereocenters. The first-order chi connectivity index (χ1) is 14.5. The Kier molecular flexibility index (Phi) is 6.50. The molecule has 8 heteroatoms. The van der Waals surface area contributed by atoms with Crippen molar-refractivity contribution < 1.29 is 4.79 Å². The molecule has 1 aliphatic carbocycles. The summed E-state index contributed by atoms with van der Waals surface area (Å²) in [5.41, 5.74) is 0.562. The molecule has 0 spiro atoms. The first-order valence-corrected chi connectivity index (χ1v) is 12.8. The third-order valence-electron chi connectivity index (χ3n) is 7.32. The smallest absolute Gasteiger partial charge is 0.233 e. The molecule has 0 radical (unpaired) electrons. The fourth-order valence-electron chi connectivity index (χ4n) is 6.16. The Morgan fingerprint density at radius 3 is 2.68 bits per heavy atom. The number of likely N-dealkylation sites (tertiary alicyclic amines) is 2. The van der Waals surface area contributed by atoms with Gasteiger partial charge in [-0.1, -0.05) is 44.1 Å². The summed E-state index contributed by atoms with van der Waals surface area (Å²) in [4.78, 5) is 28.9. The Morgan fingerprint density at radius 2 is 1.97 bits per heavy atom. The highest BCUT2D eigenvalue weighted by Gasteiger charge is 2.50. The van der Waals surface area contributed by atoms with Crippen molar-refractivity contribution in [3.05, 3.63) is 11.2 Å². The number of fused-ring (bicyclic) bond motifs is 2. The minimum Gasteiger partial charge on any atom is -0.356 e. The van der Waals surface area contributed by atoms with Gasteiger partial charge in [0, 0.05) is 31.7 Å². The maximum atomic E-state index is 13.1. The number of aromatic nitrogens is 2. The van der Waals surface area contributed by atoms with Gasteiger partial charge in [-0.25, -0.2) is 9.97 Å². The van der Waals surface area contributed by atoms with E-state index >= 15 is 0 Å². The number of thioether (sulfide) groups is 1. The second-order valence-electron chi connectivity index (χ2n) is 11.0. The lowest BCUT2D eigenvalue weighted by atomic mass is 9.65. The Hall–Kier alpha value is -1.05. The van der Waals surface area contributed by atoms with Crippen molar-refractivity contribution in [1.82, 2.24) is 19.8 Å². The molecule has 2 unspecified atom stereocenters. The maximum Gasteiger partial charge on any atom is 0.233 e. The van der Waals surface area contributed by atoms with Gasteiger partial charge in [-0.05, 0) is 63.1 Å². The highest BCUT2D eigenvalue weighted by Crippen LogP contribution is 2.52. The van der Waals surface area contributed by atoms with E-state index in [1.807, 2.05) is 6.07 Å². The molecule has 2 saturated heterocycles. The van der Waals surface area contributed by atoms with E-state index in [-0.39, 0.29) is 11.3 Å². The Morgan fingerprint density at radius 1 is 1.26 bits per heavy atom. The minimum absolute atomic E-state index is 0.199. The summed E-state index contributed by atoms with van der Waals surface area (Å²) in [6.07, 6.45) is 5.64. The number of carbonyl (C=O) groups is 1. The average Bonchev–Trinajstić information content (AvgIpc) is 2.94. The molecule has 3 fully saturated rings. The molecule has 6 nitrogen and oxygen atoms in total. The van der Waals surface area contributed by atoms with Crippen LogP contribution in [0.3, 0.4) is 0 Å². The van der Waals surface area contributed by atoms with Crippen LogP contribution in [0.15, 0.2) is 11.2 Å². The average molecular weight is 466 g/mol. The summed E-state index contributed by atoms with van der Waals surface area (Å²) >= 11 is 7.73. The molecule has 1 saturated carbocycles. The molecule has 1 aromatic rings. The summed E-state index contributed by atoms with van der Waals surface area (Å²) in [6.45, 7) is 10.1. The number of hydrogen-bond donors (Lipinski definition) is 0. The van der Waals surface area contributed by atoms with E-state index in [1.165, 1.54) is 18.2 Å². The van der Waals surface area contributed by atoms with Gasteiger partial charge in [-0.3, -0.25) is 4.79 Å². The van der Waals surface area contributed by atoms with E-state index in [0.29, 0.717) is 33.6 Å². The van der Waals surface area contributed by atoms with Gasteiger partial charge in [0.05, 0.1) is 5.75 Å². The SMILES string of the molecule is CN1CCC(N(C)c2cc(Cl)nc(SCC(=O)N3CC4(C)CC3CC(C)(C)C4)n2)CC1. The van der Waals surface area contributed by atoms with E-state index in [2.05, 4.69) is 54.6 Å². The van der Waals surface area contributed by atoms with Crippen LogP contribution in [0.2, 0.25) is 5.15 Å². The van der Waals surface area contributed by atoms with Crippen LogP contribution in [0.1, 0.15) is 52.9 Å². The van der Waals surface area contributed by atoms with Crippen molar-refractivity contribution >= 4 is 35.1 Å². The van der Waals surface area contributed by atoms with Gasteiger partial charge >= 0.3 is 0 Å². The normalized spacial score (nSPS) is 28.7. The van der Waals surface area contributed by atoms with Crippen molar-refractivity contribution in [2.45, 2.75) is 70.1 Å².